The second kappa shape index (κ2) is 11.0. The second-order valence-electron chi connectivity index (χ2n) is 9.91. The molecule has 0 spiro atoms. The Bertz CT molecular complexity index is 1470. The van der Waals surface area contributed by atoms with Crippen LogP contribution < -0.4 is 5.32 Å². The van der Waals surface area contributed by atoms with E-state index in [0.717, 1.165) is 16.7 Å². The maximum atomic E-state index is 13.6. The number of hydrogen-bond donors (Lipinski definition) is 1. The molecule has 4 rings (SSSR count). The van der Waals surface area contributed by atoms with Crippen molar-refractivity contribution in [3.05, 3.63) is 75.7 Å². The molecule has 0 saturated carbocycles. The Morgan fingerprint density at radius 1 is 1.00 bits per heavy atom. The molecular weight excluding hydrogens is 502 g/mol. The molecule has 1 aromatic heterocycles. The third kappa shape index (κ3) is 5.79. The van der Waals surface area contributed by atoms with E-state index >= 15 is 0 Å². The molecule has 1 aliphatic rings. The first-order valence-electron chi connectivity index (χ1n) is 12.6. The van der Waals surface area contributed by atoms with E-state index in [1.54, 1.807) is 37.3 Å². The number of anilines is 1. The summed E-state index contributed by atoms with van der Waals surface area (Å²) < 4.78 is 34.0. The Morgan fingerprint density at radius 2 is 1.61 bits per heavy atom. The summed E-state index contributed by atoms with van der Waals surface area (Å²) in [7, 11) is -3.87. The van der Waals surface area contributed by atoms with Crippen LogP contribution in [0.25, 0.3) is 12.2 Å². The Hall–Kier alpha value is -3.56. The molecule has 0 aliphatic carbocycles. The monoisotopic (exact) mass is 535 g/mol. The average Bonchev–Trinajstić information content (AvgIpc) is 3.24. The van der Waals surface area contributed by atoms with Crippen molar-refractivity contribution in [3.63, 3.8) is 0 Å². The standard InChI is InChI=1S/C29H33N3O5S/c1-18-16-19(2)26(20(3)17-18)10-11-27-28(21(4)31-37-27)38(35,36)32-14-12-24(13-15-32)29(34)30-25-8-6-23(7-9-25)22(5)33/h6-11,16-17,24H,12-15H2,1-5H3,(H,30,34)/b11-10+. The summed E-state index contributed by atoms with van der Waals surface area (Å²) in [6.45, 7) is 9.61. The number of amides is 1. The normalized spacial score (nSPS) is 15.2. The molecule has 3 aromatic rings. The highest BCUT2D eigenvalue weighted by Gasteiger charge is 2.36. The maximum absolute atomic E-state index is 13.6. The fourth-order valence-corrected chi connectivity index (χ4v) is 6.65. The fraction of sp³-hybridized carbons (Fsp3) is 0.345. The predicted molar refractivity (Wildman–Crippen MR) is 147 cm³/mol. The highest BCUT2D eigenvalue weighted by molar-refractivity contribution is 7.89. The number of Topliss-reactive ketones (excluding diaryl/α,β-unsaturated/α-hetero) is 1. The molecule has 1 aliphatic heterocycles. The van der Waals surface area contributed by atoms with E-state index in [1.165, 1.54) is 16.8 Å². The zero-order chi connectivity index (χ0) is 27.6. The minimum Gasteiger partial charge on any atom is -0.355 e. The lowest BCUT2D eigenvalue weighted by atomic mass is 9.97. The SMILES string of the molecule is CC(=O)c1ccc(NC(=O)C2CCN(S(=O)(=O)c3c(C)noc3/C=C/c3c(C)cc(C)cc3C)CC2)cc1. The summed E-state index contributed by atoms with van der Waals surface area (Å²) in [5.41, 5.74) is 5.84. The van der Waals surface area contributed by atoms with Gasteiger partial charge < -0.3 is 9.84 Å². The van der Waals surface area contributed by atoms with Gasteiger partial charge in [0, 0.05) is 30.3 Å². The number of hydrogen-bond acceptors (Lipinski definition) is 6. The number of aryl methyl sites for hydroxylation is 4. The summed E-state index contributed by atoms with van der Waals surface area (Å²) in [5.74, 6) is -0.329. The number of sulfonamides is 1. The Kier molecular flexibility index (Phi) is 7.99. The first kappa shape index (κ1) is 27.5. The van der Waals surface area contributed by atoms with Crippen LogP contribution in [0.5, 0.6) is 0 Å². The van der Waals surface area contributed by atoms with Crippen LogP contribution in [0.3, 0.4) is 0 Å². The molecule has 0 radical (unpaired) electrons. The molecule has 1 amide bonds. The van der Waals surface area contributed by atoms with Crippen molar-refractivity contribution in [3.8, 4) is 0 Å². The lowest BCUT2D eigenvalue weighted by Gasteiger charge is -2.30. The van der Waals surface area contributed by atoms with Crippen molar-refractivity contribution in [2.75, 3.05) is 18.4 Å². The van der Waals surface area contributed by atoms with Crippen LogP contribution in [0, 0.1) is 33.6 Å². The summed E-state index contributed by atoms with van der Waals surface area (Å²) in [5, 5.41) is 6.81. The Labute approximate surface area is 223 Å². The molecule has 0 bridgehead atoms. The van der Waals surface area contributed by atoms with Gasteiger partial charge in [-0.2, -0.15) is 4.31 Å². The van der Waals surface area contributed by atoms with Gasteiger partial charge in [0.2, 0.25) is 15.9 Å². The van der Waals surface area contributed by atoms with Crippen molar-refractivity contribution in [1.29, 1.82) is 0 Å². The first-order valence-corrected chi connectivity index (χ1v) is 14.1. The van der Waals surface area contributed by atoms with Gasteiger partial charge in [-0.15, -0.1) is 0 Å². The van der Waals surface area contributed by atoms with Gasteiger partial charge in [-0.1, -0.05) is 28.9 Å². The van der Waals surface area contributed by atoms with Crippen molar-refractivity contribution >= 4 is 39.6 Å². The van der Waals surface area contributed by atoms with Crippen molar-refractivity contribution in [1.82, 2.24) is 9.46 Å². The van der Waals surface area contributed by atoms with E-state index in [9.17, 15) is 18.0 Å². The smallest absolute Gasteiger partial charge is 0.248 e. The molecule has 1 saturated heterocycles. The van der Waals surface area contributed by atoms with Crippen LogP contribution in [-0.2, 0) is 14.8 Å². The van der Waals surface area contributed by atoms with E-state index in [-0.39, 0.29) is 41.4 Å². The number of nitrogens with zero attached hydrogens (tertiary/aromatic N) is 2. The molecule has 9 heteroatoms. The number of rotatable bonds is 7. The third-order valence-electron chi connectivity index (χ3n) is 6.95. The molecule has 1 N–H and O–H groups in total. The van der Waals surface area contributed by atoms with Crippen molar-refractivity contribution in [2.45, 2.75) is 52.4 Å². The highest BCUT2D eigenvalue weighted by atomic mass is 32.2. The molecular formula is C29H33N3O5S. The zero-order valence-electron chi connectivity index (χ0n) is 22.4. The van der Waals surface area contributed by atoms with Gasteiger partial charge in [-0.25, -0.2) is 8.42 Å². The van der Waals surface area contributed by atoms with Crippen LogP contribution >= 0.6 is 0 Å². The minimum atomic E-state index is -3.87. The van der Waals surface area contributed by atoms with Gasteiger partial charge >= 0.3 is 0 Å². The number of aromatic nitrogens is 1. The Balaban J connectivity index is 1.45. The first-order chi connectivity index (χ1) is 18.0. The molecule has 0 atom stereocenters. The van der Waals surface area contributed by atoms with E-state index in [1.807, 2.05) is 26.8 Å². The summed E-state index contributed by atoms with van der Waals surface area (Å²) in [6.07, 6.45) is 4.32. The molecule has 2 aromatic carbocycles. The third-order valence-corrected chi connectivity index (χ3v) is 9.01. The second-order valence-corrected chi connectivity index (χ2v) is 11.8. The van der Waals surface area contributed by atoms with Crippen molar-refractivity contribution < 1.29 is 22.5 Å². The summed E-state index contributed by atoms with van der Waals surface area (Å²) >= 11 is 0. The summed E-state index contributed by atoms with van der Waals surface area (Å²) in [6, 6.07) is 10.9. The topological polar surface area (TPSA) is 110 Å². The number of nitrogens with one attached hydrogen (secondary N) is 1. The van der Waals surface area contributed by atoms with Crippen LogP contribution in [0.15, 0.2) is 45.8 Å². The molecule has 38 heavy (non-hydrogen) atoms. The largest absolute Gasteiger partial charge is 0.355 e. The quantitative estimate of drug-likeness (QED) is 0.410. The number of benzene rings is 2. The maximum Gasteiger partial charge on any atom is 0.248 e. The lowest BCUT2D eigenvalue weighted by molar-refractivity contribution is -0.120. The van der Waals surface area contributed by atoms with Crippen LogP contribution in [0.2, 0.25) is 0 Å². The van der Waals surface area contributed by atoms with Gasteiger partial charge in [-0.3, -0.25) is 9.59 Å². The average molecular weight is 536 g/mol. The van der Waals surface area contributed by atoms with Crippen LogP contribution in [0.4, 0.5) is 5.69 Å². The van der Waals surface area contributed by atoms with Crippen LogP contribution in [0.1, 0.15) is 63.8 Å². The number of piperidine rings is 1. The van der Waals surface area contributed by atoms with E-state index in [2.05, 4.69) is 22.6 Å². The lowest BCUT2D eigenvalue weighted by Crippen LogP contribution is -2.41. The zero-order valence-corrected chi connectivity index (χ0v) is 23.2. The highest BCUT2D eigenvalue weighted by Crippen LogP contribution is 2.30. The minimum absolute atomic E-state index is 0.0430. The van der Waals surface area contributed by atoms with Gasteiger partial charge in [-0.05, 0) is 94.5 Å². The molecule has 0 unspecified atom stereocenters. The fourth-order valence-electron chi connectivity index (χ4n) is 4.93. The number of carbonyl (C=O) groups is 2. The van der Waals surface area contributed by atoms with Gasteiger partial charge in [0.1, 0.15) is 5.69 Å². The van der Waals surface area contributed by atoms with E-state index in [0.29, 0.717) is 29.8 Å². The molecule has 200 valence electrons. The van der Waals surface area contributed by atoms with Crippen molar-refractivity contribution in [2.24, 2.45) is 5.92 Å². The van der Waals surface area contributed by atoms with Gasteiger partial charge in [0.25, 0.3) is 0 Å². The van der Waals surface area contributed by atoms with Gasteiger partial charge in [0.15, 0.2) is 16.4 Å². The van der Waals surface area contributed by atoms with Gasteiger partial charge in [0.05, 0.1) is 0 Å². The summed E-state index contributed by atoms with van der Waals surface area (Å²) in [4.78, 5) is 24.3. The molecule has 2 heterocycles. The number of ketones is 1. The molecule has 1 fully saturated rings. The van der Waals surface area contributed by atoms with E-state index in [4.69, 9.17) is 4.52 Å². The number of carbonyl (C=O) groups excluding carboxylic acids is 2. The Morgan fingerprint density at radius 3 is 2.18 bits per heavy atom. The predicted octanol–water partition coefficient (Wildman–Crippen LogP) is 5.32. The van der Waals surface area contributed by atoms with E-state index < -0.39 is 10.0 Å². The molecule has 8 nitrogen and oxygen atoms in total. The van der Waals surface area contributed by atoms with Crippen LogP contribution in [-0.4, -0.2) is 42.7 Å².